The fourth-order valence-electron chi connectivity index (χ4n) is 1.80. The molecule has 0 fully saturated rings. The fraction of sp³-hybridized carbons (Fsp3) is 0.533. The topological polar surface area (TPSA) is 64.8 Å². The van der Waals surface area contributed by atoms with E-state index in [-0.39, 0.29) is 5.91 Å². The van der Waals surface area contributed by atoms with Gasteiger partial charge in [0, 0.05) is 33.2 Å². The number of benzene rings is 1. The first-order valence-electron chi connectivity index (χ1n) is 6.86. The van der Waals surface area contributed by atoms with Crippen molar-refractivity contribution in [1.82, 2.24) is 4.90 Å². The summed E-state index contributed by atoms with van der Waals surface area (Å²) in [5, 5.41) is 0. The van der Waals surface area contributed by atoms with Crippen LogP contribution in [0.3, 0.4) is 0 Å². The number of nitrogens with zero attached hydrogens (tertiary/aromatic N) is 1. The number of ether oxygens (including phenoxy) is 2. The van der Waals surface area contributed by atoms with E-state index < -0.39 is 0 Å². The third-order valence-electron chi connectivity index (χ3n) is 2.86. The Morgan fingerprint density at radius 1 is 1.20 bits per heavy atom. The summed E-state index contributed by atoms with van der Waals surface area (Å²) in [7, 11) is 1.63. The average molecular weight is 280 g/mol. The van der Waals surface area contributed by atoms with Crippen molar-refractivity contribution in [3.05, 3.63) is 35.9 Å². The van der Waals surface area contributed by atoms with Gasteiger partial charge in [-0.15, -0.1) is 0 Å². The maximum absolute atomic E-state index is 12.0. The molecule has 0 aliphatic carbocycles. The van der Waals surface area contributed by atoms with Crippen molar-refractivity contribution in [2.45, 2.75) is 13.0 Å². The number of methoxy groups -OCH3 is 1. The molecule has 0 aliphatic heterocycles. The number of carbonyl (C=O) groups is 1. The highest BCUT2D eigenvalue weighted by atomic mass is 16.5. The molecule has 0 saturated heterocycles. The second-order valence-corrected chi connectivity index (χ2v) is 4.44. The zero-order valence-electron chi connectivity index (χ0n) is 12.1. The predicted molar refractivity (Wildman–Crippen MR) is 78.2 cm³/mol. The van der Waals surface area contributed by atoms with E-state index in [0.717, 1.165) is 5.56 Å². The first-order chi connectivity index (χ1) is 9.77. The van der Waals surface area contributed by atoms with Gasteiger partial charge in [-0.25, -0.2) is 0 Å². The van der Waals surface area contributed by atoms with E-state index in [4.69, 9.17) is 15.2 Å². The standard InChI is InChI=1S/C15H24N2O3/c1-19-11-12-20-10-9-17(15(18)7-8-16)13-14-5-3-2-4-6-14/h2-6H,7-13,16H2,1H3. The van der Waals surface area contributed by atoms with Crippen LogP contribution < -0.4 is 5.73 Å². The zero-order valence-corrected chi connectivity index (χ0v) is 12.1. The van der Waals surface area contributed by atoms with Crippen molar-refractivity contribution in [2.24, 2.45) is 5.73 Å². The number of nitrogens with two attached hydrogens (primary N) is 1. The SMILES string of the molecule is COCCOCCN(Cc1ccccc1)C(=O)CCN. The summed E-state index contributed by atoms with van der Waals surface area (Å²) in [5.74, 6) is 0.0618. The van der Waals surface area contributed by atoms with E-state index in [2.05, 4.69) is 0 Å². The van der Waals surface area contributed by atoms with E-state index in [0.29, 0.717) is 45.9 Å². The molecule has 1 amide bonds. The van der Waals surface area contributed by atoms with Gasteiger partial charge in [0.25, 0.3) is 0 Å². The third kappa shape index (κ3) is 6.65. The lowest BCUT2D eigenvalue weighted by molar-refractivity contribution is -0.132. The highest BCUT2D eigenvalue weighted by Crippen LogP contribution is 2.06. The van der Waals surface area contributed by atoms with Gasteiger partial charge < -0.3 is 20.1 Å². The van der Waals surface area contributed by atoms with Gasteiger partial charge in [-0.1, -0.05) is 30.3 Å². The molecule has 1 aromatic carbocycles. The molecule has 5 heteroatoms. The smallest absolute Gasteiger partial charge is 0.224 e. The van der Waals surface area contributed by atoms with Crippen molar-refractivity contribution in [3.8, 4) is 0 Å². The summed E-state index contributed by atoms with van der Waals surface area (Å²) in [6.45, 7) is 3.14. The van der Waals surface area contributed by atoms with Crippen molar-refractivity contribution in [1.29, 1.82) is 0 Å². The van der Waals surface area contributed by atoms with Gasteiger partial charge in [-0.05, 0) is 5.56 Å². The molecule has 0 spiro atoms. The molecule has 0 unspecified atom stereocenters. The van der Waals surface area contributed by atoms with Gasteiger partial charge in [0.15, 0.2) is 0 Å². The molecular formula is C15H24N2O3. The molecule has 5 nitrogen and oxygen atoms in total. The Labute approximate surface area is 120 Å². The minimum absolute atomic E-state index is 0.0618. The molecule has 2 N–H and O–H groups in total. The average Bonchev–Trinajstić information content (AvgIpc) is 2.47. The second kappa shape index (κ2) is 10.4. The highest BCUT2D eigenvalue weighted by molar-refractivity contribution is 5.76. The van der Waals surface area contributed by atoms with E-state index in [1.807, 2.05) is 30.3 Å². The summed E-state index contributed by atoms with van der Waals surface area (Å²) in [4.78, 5) is 13.8. The molecule has 20 heavy (non-hydrogen) atoms. The summed E-state index contributed by atoms with van der Waals surface area (Å²) in [6.07, 6.45) is 0.366. The number of carbonyl (C=O) groups excluding carboxylic acids is 1. The van der Waals surface area contributed by atoms with Crippen molar-refractivity contribution in [3.63, 3.8) is 0 Å². The van der Waals surface area contributed by atoms with Crippen LogP contribution in [0.4, 0.5) is 0 Å². The van der Waals surface area contributed by atoms with Crippen LogP contribution in [-0.4, -0.2) is 50.8 Å². The zero-order chi connectivity index (χ0) is 14.6. The van der Waals surface area contributed by atoms with Gasteiger partial charge in [-0.3, -0.25) is 4.79 Å². The quantitative estimate of drug-likeness (QED) is 0.650. The lowest BCUT2D eigenvalue weighted by Gasteiger charge is -2.22. The van der Waals surface area contributed by atoms with E-state index in [9.17, 15) is 4.79 Å². The highest BCUT2D eigenvalue weighted by Gasteiger charge is 2.12. The van der Waals surface area contributed by atoms with Crippen LogP contribution in [0.2, 0.25) is 0 Å². The summed E-state index contributed by atoms with van der Waals surface area (Å²) >= 11 is 0. The number of hydrogen-bond acceptors (Lipinski definition) is 4. The molecule has 0 aliphatic rings. The van der Waals surface area contributed by atoms with Crippen LogP contribution in [0.25, 0.3) is 0 Å². The van der Waals surface area contributed by atoms with Gasteiger partial charge in [0.2, 0.25) is 5.91 Å². The predicted octanol–water partition coefficient (Wildman–Crippen LogP) is 1.03. The summed E-state index contributed by atoms with van der Waals surface area (Å²) in [5.41, 5.74) is 6.57. The van der Waals surface area contributed by atoms with E-state index in [1.165, 1.54) is 0 Å². The Balaban J connectivity index is 2.45. The van der Waals surface area contributed by atoms with Crippen molar-refractivity contribution < 1.29 is 14.3 Å². The number of hydrogen-bond donors (Lipinski definition) is 1. The van der Waals surface area contributed by atoms with Gasteiger partial charge in [0.05, 0.1) is 19.8 Å². The second-order valence-electron chi connectivity index (χ2n) is 4.44. The maximum Gasteiger partial charge on any atom is 0.224 e. The molecule has 112 valence electrons. The Morgan fingerprint density at radius 3 is 2.60 bits per heavy atom. The molecular weight excluding hydrogens is 256 g/mol. The minimum Gasteiger partial charge on any atom is -0.382 e. The summed E-state index contributed by atoms with van der Waals surface area (Å²) in [6, 6.07) is 9.92. The Morgan fingerprint density at radius 2 is 1.95 bits per heavy atom. The van der Waals surface area contributed by atoms with E-state index >= 15 is 0 Å². The van der Waals surface area contributed by atoms with Gasteiger partial charge in [-0.2, -0.15) is 0 Å². The van der Waals surface area contributed by atoms with Crippen LogP contribution in [0.5, 0.6) is 0 Å². The molecule has 1 aromatic rings. The van der Waals surface area contributed by atoms with Gasteiger partial charge in [0.1, 0.15) is 0 Å². The molecule has 0 saturated carbocycles. The Bertz CT molecular complexity index is 371. The molecule has 0 heterocycles. The van der Waals surface area contributed by atoms with Crippen LogP contribution >= 0.6 is 0 Å². The fourth-order valence-corrected chi connectivity index (χ4v) is 1.80. The third-order valence-corrected chi connectivity index (χ3v) is 2.86. The van der Waals surface area contributed by atoms with Gasteiger partial charge >= 0.3 is 0 Å². The summed E-state index contributed by atoms with van der Waals surface area (Å²) < 4.78 is 10.3. The van der Waals surface area contributed by atoms with E-state index in [1.54, 1.807) is 12.0 Å². The Hall–Kier alpha value is -1.43. The maximum atomic E-state index is 12.0. The minimum atomic E-state index is 0.0618. The van der Waals surface area contributed by atoms with Crippen LogP contribution in [-0.2, 0) is 20.8 Å². The normalized spacial score (nSPS) is 10.5. The van der Waals surface area contributed by atoms with Crippen molar-refractivity contribution >= 4 is 5.91 Å². The number of rotatable bonds is 10. The van der Waals surface area contributed by atoms with Crippen LogP contribution in [0, 0.1) is 0 Å². The molecule has 1 rings (SSSR count). The molecule has 0 bridgehead atoms. The lowest BCUT2D eigenvalue weighted by atomic mass is 10.2. The first-order valence-corrected chi connectivity index (χ1v) is 6.86. The number of amides is 1. The lowest BCUT2D eigenvalue weighted by Crippen LogP contribution is -2.34. The largest absolute Gasteiger partial charge is 0.382 e. The van der Waals surface area contributed by atoms with Crippen LogP contribution in [0.15, 0.2) is 30.3 Å². The van der Waals surface area contributed by atoms with Crippen LogP contribution in [0.1, 0.15) is 12.0 Å². The van der Waals surface area contributed by atoms with Crippen molar-refractivity contribution in [2.75, 3.05) is 40.0 Å². The Kier molecular flexibility index (Phi) is 8.62. The molecule has 0 aromatic heterocycles. The molecule has 0 radical (unpaired) electrons. The monoisotopic (exact) mass is 280 g/mol. The molecule has 0 atom stereocenters. The first kappa shape index (κ1) is 16.6.